The first-order valence-corrected chi connectivity index (χ1v) is 11.4. The molecule has 2 aliphatic heterocycles. The fraction of sp³-hybridized carbons (Fsp3) is 0.318. The molecule has 1 unspecified atom stereocenters. The predicted octanol–water partition coefficient (Wildman–Crippen LogP) is 5.60. The van der Waals surface area contributed by atoms with Gasteiger partial charge in [-0.15, -0.1) is 0 Å². The Kier molecular flexibility index (Phi) is 4.76. The minimum Gasteiger partial charge on any atom is -0.339 e. The lowest BCUT2D eigenvalue weighted by Gasteiger charge is -2.35. The molecule has 1 atom stereocenters. The summed E-state index contributed by atoms with van der Waals surface area (Å²) >= 11 is 7.41. The summed E-state index contributed by atoms with van der Waals surface area (Å²) in [5.41, 5.74) is 3.32. The van der Waals surface area contributed by atoms with E-state index in [4.69, 9.17) is 11.6 Å². The van der Waals surface area contributed by atoms with Crippen molar-refractivity contribution in [3.8, 4) is 11.3 Å². The summed E-state index contributed by atoms with van der Waals surface area (Å²) in [4.78, 5) is 32.6. The molecule has 6 nitrogen and oxygen atoms in total. The number of rotatable bonds is 2. The molecule has 2 aliphatic rings. The third-order valence-corrected chi connectivity index (χ3v) is 7.55. The van der Waals surface area contributed by atoms with E-state index in [2.05, 4.69) is 9.55 Å². The van der Waals surface area contributed by atoms with Crippen molar-refractivity contribution in [3.63, 3.8) is 0 Å². The zero-order valence-electron chi connectivity index (χ0n) is 17.2. The molecule has 0 fully saturated rings. The molecule has 3 amide bonds. The monoisotopic (exact) mass is 459 g/mol. The van der Waals surface area contributed by atoms with Gasteiger partial charge in [-0.3, -0.25) is 4.79 Å². The maximum Gasteiger partial charge on any atom is 0.437 e. The molecule has 0 aliphatic carbocycles. The highest BCUT2D eigenvalue weighted by Crippen LogP contribution is 2.50. The van der Waals surface area contributed by atoms with Crippen molar-refractivity contribution in [1.29, 1.82) is 0 Å². The molecular weight excluding hydrogens is 439 g/mol. The van der Waals surface area contributed by atoms with Gasteiger partial charge in [0.25, 0.3) is 5.91 Å². The van der Waals surface area contributed by atoms with E-state index in [9.17, 15) is 14.0 Å². The van der Waals surface area contributed by atoms with Crippen LogP contribution in [0.3, 0.4) is 0 Å². The minimum absolute atomic E-state index is 0.264. The number of hydrogen-bond donors (Lipinski definition) is 0. The number of thiazole rings is 1. The fourth-order valence-electron chi connectivity index (χ4n) is 4.79. The van der Waals surface area contributed by atoms with Gasteiger partial charge in [0.1, 0.15) is 16.5 Å². The molecule has 9 heteroatoms. The molecule has 0 N–H and O–H groups in total. The van der Waals surface area contributed by atoms with Gasteiger partial charge in [-0.05, 0) is 31.4 Å². The first-order valence-electron chi connectivity index (χ1n) is 10.2. The number of hydrogen-bond acceptors (Lipinski definition) is 4. The van der Waals surface area contributed by atoms with Crippen molar-refractivity contribution in [1.82, 2.24) is 18.9 Å². The summed E-state index contributed by atoms with van der Waals surface area (Å²) < 4.78 is 16.0. The number of urea groups is 1. The molecule has 4 heterocycles. The highest BCUT2D eigenvalue weighted by molar-refractivity contribution is 7.14. The van der Waals surface area contributed by atoms with Crippen LogP contribution in [0.5, 0.6) is 0 Å². The molecule has 5 rings (SSSR count). The molecular formula is C22H21ClFN4O2S+. The smallest absolute Gasteiger partial charge is 0.339 e. The summed E-state index contributed by atoms with van der Waals surface area (Å²) in [7, 11) is 3.25. The number of nitrogens with zero attached hydrogens (tertiary/aromatic N) is 4. The van der Waals surface area contributed by atoms with Crippen LogP contribution in [-0.2, 0) is 13.0 Å². The molecule has 160 valence electrons. The third-order valence-electron chi connectivity index (χ3n) is 6.22. The van der Waals surface area contributed by atoms with Crippen LogP contribution >= 0.6 is 22.9 Å². The Morgan fingerprint density at radius 1 is 1.23 bits per heavy atom. The molecule has 31 heavy (non-hydrogen) atoms. The van der Waals surface area contributed by atoms with Crippen LogP contribution in [-0.4, -0.2) is 40.5 Å². The van der Waals surface area contributed by atoms with E-state index >= 15 is 0 Å². The van der Waals surface area contributed by atoms with Gasteiger partial charge in [-0.2, -0.15) is 9.47 Å². The van der Waals surface area contributed by atoms with Crippen molar-refractivity contribution in [2.24, 2.45) is 0 Å². The lowest BCUT2D eigenvalue weighted by molar-refractivity contribution is 0.0798. The molecule has 0 bridgehead atoms. The summed E-state index contributed by atoms with van der Waals surface area (Å²) in [5.74, 6) is -0.745. The SMILES string of the molecule is CN1C(=O)c2c(c3n(c2-c2cccc(F)c2)CCCCC3)[N+](C)(c2nc(Cl)cs2)C1=O. The number of fused-ring (bicyclic) bond motifs is 3. The van der Waals surface area contributed by atoms with Crippen LogP contribution in [0.4, 0.5) is 20.0 Å². The second-order valence-corrected chi connectivity index (χ2v) is 9.32. The molecule has 0 saturated heterocycles. The van der Waals surface area contributed by atoms with Crippen LogP contribution in [0.1, 0.15) is 35.3 Å². The molecule has 0 saturated carbocycles. The molecule has 0 spiro atoms. The van der Waals surface area contributed by atoms with E-state index in [0.717, 1.165) is 36.3 Å². The van der Waals surface area contributed by atoms with Crippen molar-refractivity contribution < 1.29 is 14.0 Å². The van der Waals surface area contributed by atoms with E-state index in [1.54, 1.807) is 18.5 Å². The van der Waals surface area contributed by atoms with E-state index < -0.39 is 0 Å². The van der Waals surface area contributed by atoms with E-state index in [-0.39, 0.29) is 22.2 Å². The summed E-state index contributed by atoms with van der Waals surface area (Å²) in [6.45, 7) is 0.706. The Morgan fingerprint density at radius 3 is 2.74 bits per heavy atom. The Balaban J connectivity index is 1.90. The summed E-state index contributed by atoms with van der Waals surface area (Å²) in [6, 6.07) is 5.90. The predicted molar refractivity (Wildman–Crippen MR) is 119 cm³/mol. The first kappa shape index (κ1) is 20.4. The standard InChI is InChI=1S/C22H21ClFN4O2S/c1-26-20(29)17-18(13-7-6-8-14(24)11-13)27-10-5-3-4-9-15(27)19(17)28(2,22(26)30)21-25-16(23)12-31-21/h6-8,11-12H,3-5,9-10H2,1-2H3/q+1. The van der Waals surface area contributed by atoms with E-state index in [1.165, 1.54) is 30.5 Å². The van der Waals surface area contributed by atoms with Gasteiger partial charge in [0.15, 0.2) is 5.69 Å². The van der Waals surface area contributed by atoms with Gasteiger partial charge in [0.05, 0.1) is 18.4 Å². The van der Waals surface area contributed by atoms with Crippen LogP contribution in [0, 0.1) is 5.82 Å². The second-order valence-electron chi connectivity index (χ2n) is 8.10. The van der Waals surface area contributed by atoms with Crippen LogP contribution in [0.25, 0.3) is 11.3 Å². The minimum atomic E-state index is -0.382. The number of imide groups is 1. The summed E-state index contributed by atoms with van der Waals surface area (Å²) in [6.07, 6.45) is 3.69. The topological polar surface area (TPSA) is 55.2 Å². The molecule has 0 radical (unpaired) electrons. The number of benzene rings is 1. The number of carbonyl (C=O) groups is 2. The zero-order valence-corrected chi connectivity index (χ0v) is 18.8. The molecule has 3 aromatic rings. The van der Waals surface area contributed by atoms with Crippen molar-refractivity contribution in [2.45, 2.75) is 32.2 Å². The van der Waals surface area contributed by atoms with Gasteiger partial charge in [0, 0.05) is 24.5 Å². The number of amides is 3. The quantitative estimate of drug-likeness (QED) is 0.468. The van der Waals surface area contributed by atoms with Gasteiger partial charge in [0.2, 0.25) is 0 Å². The molecule has 1 aromatic carbocycles. The highest BCUT2D eigenvalue weighted by Gasteiger charge is 2.55. The largest absolute Gasteiger partial charge is 0.437 e. The fourth-order valence-corrected chi connectivity index (χ4v) is 5.84. The number of quaternary nitrogens is 1. The Labute approximate surface area is 188 Å². The van der Waals surface area contributed by atoms with Gasteiger partial charge in [-0.25, -0.2) is 14.1 Å². The average Bonchev–Trinajstić information content (AvgIpc) is 3.24. The Hall–Kier alpha value is -2.55. The number of halogens is 2. The van der Waals surface area contributed by atoms with Gasteiger partial charge < -0.3 is 4.57 Å². The lowest BCUT2D eigenvalue weighted by atomic mass is 10.0. The van der Waals surface area contributed by atoms with Gasteiger partial charge in [-0.1, -0.05) is 41.5 Å². The van der Waals surface area contributed by atoms with Crippen molar-refractivity contribution >= 4 is 45.7 Å². The van der Waals surface area contributed by atoms with E-state index in [0.29, 0.717) is 39.3 Å². The average molecular weight is 460 g/mol. The maximum absolute atomic E-state index is 14.2. The number of carbonyl (C=O) groups excluding carboxylic acids is 2. The summed E-state index contributed by atoms with van der Waals surface area (Å²) in [5, 5.41) is 2.49. The molecule has 2 aromatic heterocycles. The van der Waals surface area contributed by atoms with Crippen molar-refractivity contribution in [2.75, 3.05) is 14.1 Å². The van der Waals surface area contributed by atoms with Crippen molar-refractivity contribution in [3.05, 3.63) is 51.9 Å². The number of aromatic nitrogens is 2. The second kappa shape index (κ2) is 7.25. The van der Waals surface area contributed by atoms with Crippen LogP contribution in [0.15, 0.2) is 29.6 Å². The maximum atomic E-state index is 14.2. The Bertz CT molecular complexity index is 1240. The van der Waals surface area contributed by atoms with Crippen LogP contribution < -0.4 is 4.48 Å². The van der Waals surface area contributed by atoms with Crippen LogP contribution in [0.2, 0.25) is 5.15 Å². The Morgan fingerprint density at radius 2 is 2.03 bits per heavy atom. The van der Waals surface area contributed by atoms with Gasteiger partial charge >= 0.3 is 11.2 Å². The lowest BCUT2D eigenvalue weighted by Crippen LogP contribution is -2.58. The zero-order chi connectivity index (χ0) is 21.9. The van der Waals surface area contributed by atoms with E-state index in [1.807, 2.05) is 6.07 Å². The first-order chi connectivity index (χ1) is 14.8. The third kappa shape index (κ3) is 2.89. The highest BCUT2D eigenvalue weighted by atomic mass is 35.5. The normalized spacial score (nSPS) is 21.1.